The third kappa shape index (κ3) is 3.17. The molecule has 0 atom stereocenters. The van der Waals surface area contributed by atoms with E-state index in [0.717, 1.165) is 45.2 Å². The molecule has 2 heterocycles. The Kier molecular flexibility index (Phi) is 4.07. The minimum atomic E-state index is -2.63. The van der Waals surface area contributed by atoms with E-state index in [0.29, 0.717) is 23.7 Å². The zero-order chi connectivity index (χ0) is 17.8. The van der Waals surface area contributed by atoms with Gasteiger partial charge in [0.05, 0.1) is 0 Å². The molecule has 0 aromatic carbocycles. The van der Waals surface area contributed by atoms with Crippen LogP contribution in [-0.4, -0.2) is 21.6 Å². The Morgan fingerprint density at radius 1 is 1.40 bits per heavy atom. The fraction of sp³-hybridized carbons (Fsp3) is 0.529. The van der Waals surface area contributed by atoms with Crippen LogP contribution in [0.1, 0.15) is 57.8 Å². The molecule has 2 aromatic rings. The van der Waals surface area contributed by atoms with Crippen molar-refractivity contribution in [1.29, 1.82) is 0 Å². The quantitative estimate of drug-likeness (QED) is 0.840. The first-order chi connectivity index (χ1) is 11.9. The molecule has 0 radical (unpaired) electrons. The van der Waals surface area contributed by atoms with Crippen LogP contribution in [0.15, 0.2) is 11.2 Å². The van der Waals surface area contributed by atoms with Crippen molar-refractivity contribution < 1.29 is 18.7 Å². The molecule has 0 amide bonds. The second kappa shape index (κ2) is 6.02. The number of alkyl halides is 2. The van der Waals surface area contributed by atoms with Crippen LogP contribution in [0.2, 0.25) is 0 Å². The lowest BCUT2D eigenvalue weighted by Crippen LogP contribution is -2.25. The number of thiophene rings is 1. The molecule has 0 unspecified atom stereocenters. The summed E-state index contributed by atoms with van der Waals surface area (Å²) in [5.41, 5.74) is 1.76. The number of hydrogen-bond acceptors (Lipinski definition) is 4. The number of hydrogen-bond donors (Lipinski definition) is 1. The lowest BCUT2D eigenvalue weighted by atomic mass is 9.89. The van der Waals surface area contributed by atoms with Crippen molar-refractivity contribution in [1.82, 2.24) is 4.57 Å². The van der Waals surface area contributed by atoms with Gasteiger partial charge in [0.15, 0.2) is 4.80 Å². The van der Waals surface area contributed by atoms with Gasteiger partial charge in [0, 0.05) is 30.5 Å². The van der Waals surface area contributed by atoms with Crippen LogP contribution in [0.25, 0.3) is 0 Å². The summed E-state index contributed by atoms with van der Waals surface area (Å²) in [5.74, 6) is -3.19. The maximum absolute atomic E-state index is 13.9. The summed E-state index contributed by atoms with van der Waals surface area (Å²) in [7, 11) is 0. The van der Waals surface area contributed by atoms with Gasteiger partial charge in [-0.05, 0) is 43.2 Å². The van der Waals surface area contributed by atoms with Crippen LogP contribution < -0.4 is 4.80 Å². The van der Waals surface area contributed by atoms with E-state index < -0.39 is 11.9 Å². The number of halogens is 2. The van der Waals surface area contributed by atoms with Crippen molar-refractivity contribution in [2.75, 3.05) is 0 Å². The highest BCUT2D eigenvalue weighted by Gasteiger charge is 2.40. The number of rotatable bonds is 4. The summed E-state index contributed by atoms with van der Waals surface area (Å²) in [5, 5.41) is 9.98. The van der Waals surface area contributed by atoms with Gasteiger partial charge in [-0.15, -0.1) is 11.3 Å². The smallest absolute Gasteiger partial charge is 0.347 e. The number of aromatic nitrogens is 1. The van der Waals surface area contributed by atoms with Gasteiger partial charge in [-0.1, -0.05) is 11.3 Å². The van der Waals surface area contributed by atoms with E-state index in [1.165, 1.54) is 11.3 Å². The van der Waals surface area contributed by atoms with Crippen molar-refractivity contribution in [2.45, 2.75) is 57.4 Å². The fourth-order valence-corrected chi connectivity index (χ4v) is 5.62. The van der Waals surface area contributed by atoms with Gasteiger partial charge in [-0.25, -0.2) is 18.6 Å². The molecule has 0 bridgehead atoms. The van der Waals surface area contributed by atoms with Crippen LogP contribution in [0.4, 0.5) is 13.8 Å². The van der Waals surface area contributed by atoms with Crippen LogP contribution in [0.5, 0.6) is 0 Å². The van der Waals surface area contributed by atoms with E-state index in [1.54, 1.807) is 10.8 Å². The fourth-order valence-electron chi connectivity index (χ4n) is 3.26. The SMILES string of the molecule is CCn1cc(C(=O)O)s/c1=N\c1sc(C2CC2)c2c1CCC(F)(F)C2. The largest absolute Gasteiger partial charge is 0.477 e. The number of aromatic carboxylic acids is 1. The first-order valence-electron chi connectivity index (χ1n) is 8.38. The predicted molar refractivity (Wildman–Crippen MR) is 93.4 cm³/mol. The van der Waals surface area contributed by atoms with E-state index >= 15 is 0 Å². The van der Waals surface area contributed by atoms with Crippen LogP contribution in [0, 0.1) is 0 Å². The second-order valence-electron chi connectivity index (χ2n) is 6.62. The number of fused-ring (bicyclic) bond motifs is 1. The maximum Gasteiger partial charge on any atom is 0.347 e. The molecular weight excluding hydrogens is 366 g/mol. The van der Waals surface area contributed by atoms with Crippen LogP contribution in [-0.2, 0) is 19.4 Å². The minimum absolute atomic E-state index is 0.137. The van der Waals surface area contributed by atoms with Gasteiger partial charge < -0.3 is 9.67 Å². The van der Waals surface area contributed by atoms with Gasteiger partial charge >= 0.3 is 5.97 Å². The number of nitrogens with zero attached hydrogens (tertiary/aromatic N) is 2. The summed E-state index contributed by atoms with van der Waals surface area (Å²) < 4.78 is 29.6. The van der Waals surface area contributed by atoms with Crippen molar-refractivity contribution >= 4 is 33.6 Å². The Morgan fingerprint density at radius 2 is 2.16 bits per heavy atom. The highest BCUT2D eigenvalue weighted by Crippen LogP contribution is 2.52. The summed E-state index contributed by atoms with van der Waals surface area (Å²) >= 11 is 2.65. The van der Waals surface area contributed by atoms with E-state index in [4.69, 9.17) is 4.99 Å². The third-order valence-corrected chi connectivity index (χ3v) is 7.06. The molecule has 4 rings (SSSR count). The average molecular weight is 384 g/mol. The van der Waals surface area contributed by atoms with E-state index in [2.05, 4.69) is 0 Å². The summed E-state index contributed by atoms with van der Waals surface area (Å²) in [4.78, 5) is 17.8. The number of aryl methyl sites for hydroxylation is 1. The predicted octanol–water partition coefficient (Wildman–Crippen LogP) is 4.56. The molecule has 1 saturated carbocycles. The Bertz CT molecular complexity index is 906. The Labute approximate surface area is 151 Å². The molecule has 2 aliphatic carbocycles. The van der Waals surface area contributed by atoms with Crippen LogP contribution >= 0.6 is 22.7 Å². The molecule has 1 fully saturated rings. The van der Waals surface area contributed by atoms with Gasteiger partial charge in [0.1, 0.15) is 9.88 Å². The standard InChI is InChI=1S/C17H18F2N2O2S2/c1-2-21-8-12(15(22)23)24-16(21)20-14-10-5-6-17(18,19)7-11(10)13(25-14)9-3-4-9/h8-9H,2-7H2,1H3,(H,22,23)/b20-16-. The highest BCUT2D eigenvalue weighted by molar-refractivity contribution is 7.16. The molecular formula is C17H18F2N2O2S2. The topological polar surface area (TPSA) is 54.6 Å². The number of carbonyl (C=O) groups is 1. The molecule has 0 saturated heterocycles. The average Bonchev–Trinajstić information content (AvgIpc) is 3.22. The number of carboxylic acid groups (broad SMARTS) is 1. The van der Waals surface area contributed by atoms with Crippen molar-refractivity contribution in [3.8, 4) is 0 Å². The number of carboxylic acids is 1. The number of thiazole rings is 1. The lowest BCUT2D eigenvalue weighted by Gasteiger charge is -2.23. The molecule has 4 nitrogen and oxygen atoms in total. The van der Waals surface area contributed by atoms with Gasteiger partial charge in [-0.3, -0.25) is 0 Å². The summed E-state index contributed by atoms with van der Waals surface area (Å²) in [6.07, 6.45) is 3.74. The van der Waals surface area contributed by atoms with Crippen molar-refractivity contribution in [3.63, 3.8) is 0 Å². The van der Waals surface area contributed by atoms with Gasteiger partial charge in [0.25, 0.3) is 5.92 Å². The molecule has 2 aliphatic rings. The van der Waals surface area contributed by atoms with Crippen molar-refractivity contribution in [3.05, 3.63) is 31.9 Å². The zero-order valence-electron chi connectivity index (χ0n) is 13.7. The molecule has 25 heavy (non-hydrogen) atoms. The van der Waals surface area contributed by atoms with E-state index in [-0.39, 0.29) is 17.7 Å². The second-order valence-corrected chi connectivity index (χ2v) is 8.66. The van der Waals surface area contributed by atoms with E-state index in [9.17, 15) is 18.7 Å². The van der Waals surface area contributed by atoms with Crippen molar-refractivity contribution in [2.24, 2.45) is 4.99 Å². The molecule has 8 heteroatoms. The maximum atomic E-state index is 13.9. The van der Waals surface area contributed by atoms with Crippen LogP contribution in [0.3, 0.4) is 0 Å². The molecule has 1 N–H and O–H groups in total. The zero-order valence-corrected chi connectivity index (χ0v) is 15.4. The lowest BCUT2D eigenvalue weighted by molar-refractivity contribution is -0.0121. The van der Waals surface area contributed by atoms with E-state index in [1.807, 2.05) is 6.92 Å². The summed E-state index contributed by atoms with van der Waals surface area (Å²) in [6.45, 7) is 2.54. The highest BCUT2D eigenvalue weighted by atomic mass is 32.1. The van der Waals surface area contributed by atoms with Gasteiger partial charge in [-0.2, -0.15) is 0 Å². The Hall–Kier alpha value is -1.54. The minimum Gasteiger partial charge on any atom is -0.477 e. The third-order valence-electron chi connectivity index (χ3n) is 4.72. The first-order valence-corrected chi connectivity index (χ1v) is 10.0. The normalized spacial score (nSPS) is 19.9. The molecule has 2 aromatic heterocycles. The monoisotopic (exact) mass is 384 g/mol. The molecule has 134 valence electrons. The van der Waals surface area contributed by atoms with Gasteiger partial charge in [0.2, 0.25) is 0 Å². The summed E-state index contributed by atoms with van der Waals surface area (Å²) in [6, 6.07) is 0. The first kappa shape index (κ1) is 16.9. The Morgan fingerprint density at radius 3 is 2.80 bits per heavy atom. The molecule has 0 spiro atoms. The molecule has 0 aliphatic heterocycles. The Balaban J connectivity index is 1.83.